The molecule has 2 heterocycles. The molecule has 3 atom stereocenters. The Balaban J connectivity index is 1.66. The van der Waals surface area contributed by atoms with Gasteiger partial charge >= 0.3 is 0 Å². The summed E-state index contributed by atoms with van der Waals surface area (Å²) < 4.78 is 0. The molecular formula is C22H24N2O3. The highest BCUT2D eigenvalue weighted by Gasteiger charge is 2.59. The zero-order valence-electron chi connectivity index (χ0n) is 15.7. The third-order valence-corrected chi connectivity index (χ3v) is 5.39. The number of nitrogens with zero attached hydrogens (tertiary/aromatic N) is 2. The first kappa shape index (κ1) is 17.7. The van der Waals surface area contributed by atoms with E-state index in [0.717, 1.165) is 30.5 Å². The molecule has 0 radical (unpaired) electrons. The molecule has 5 nitrogen and oxygen atoms in total. The third-order valence-electron chi connectivity index (χ3n) is 5.39. The van der Waals surface area contributed by atoms with Gasteiger partial charge in [-0.1, -0.05) is 55.7 Å². The number of hydrogen-bond donors (Lipinski definition) is 0. The number of benzene rings is 2. The fraction of sp³-hybridized carbons (Fsp3) is 0.364. The summed E-state index contributed by atoms with van der Waals surface area (Å²) in [6, 6.07) is 17.0. The number of fused-ring (bicyclic) bond motifs is 1. The number of amides is 2. The van der Waals surface area contributed by atoms with E-state index >= 15 is 0 Å². The van der Waals surface area contributed by atoms with E-state index < -0.39 is 12.0 Å². The minimum absolute atomic E-state index is 0.135. The van der Waals surface area contributed by atoms with E-state index in [1.54, 1.807) is 5.06 Å². The molecule has 0 unspecified atom stereocenters. The summed E-state index contributed by atoms with van der Waals surface area (Å²) in [5.41, 5.74) is 2.59. The van der Waals surface area contributed by atoms with E-state index in [2.05, 4.69) is 6.92 Å². The van der Waals surface area contributed by atoms with Crippen LogP contribution in [0.5, 0.6) is 0 Å². The molecule has 2 aromatic rings. The van der Waals surface area contributed by atoms with Crippen LogP contribution in [0.3, 0.4) is 0 Å². The molecular weight excluding hydrogens is 340 g/mol. The largest absolute Gasteiger partial charge is 0.273 e. The summed E-state index contributed by atoms with van der Waals surface area (Å²) in [5.74, 6) is -0.896. The van der Waals surface area contributed by atoms with Gasteiger partial charge in [-0.05, 0) is 37.6 Å². The zero-order valence-corrected chi connectivity index (χ0v) is 15.7. The number of rotatable bonds is 5. The van der Waals surface area contributed by atoms with E-state index in [-0.39, 0.29) is 17.9 Å². The average Bonchev–Trinajstić information content (AvgIpc) is 3.18. The predicted octanol–water partition coefficient (Wildman–Crippen LogP) is 3.86. The molecule has 27 heavy (non-hydrogen) atoms. The van der Waals surface area contributed by atoms with Crippen molar-refractivity contribution in [1.29, 1.82) is 0 Å². The van der Waals surface area contributed by atoms with Crippen LogP contribution < -0.4 is 9.96 Å². The number of imide groups is 1. The molecule has 2 aliphatic heterocycles. The van der Waals surface area contributed by atoms with Crippen LogP contribution in [0.25, 0.3) is 0 Å². The lowest BCUT2D eigenvalue weighted by atomic mass is 9.92. The molecule has 2 amide bonds. The smallest absolute Gasteiger partial charge is 0.266 e. The number of hydroxylamine groups is 1. The number of carbonyl (C=O) groups is 2. The zero-order chi connectivity index (χ0) is 19.0. The fourth-order valence-corrected chi connectivity index (χ4v) is 3.98. The van der Waals surface area contributed by atoms with Gasteiger partial charge < -0.3 is 0 Å². The lowest BCUT2D eigenvalue weighted by molar-refractivity contribution is -0.126. The van der Waals surface area contributed by atoms with Crippen molar-refractivity contribution in [3.63, 3.8) is 0 Å². The molecule has 0 aromatic heterocycles. The van der Waals surface area contributed by atoms with Gasteiger partial charge in [-0.3, -0.25) is 14.4 Å². The van der Waals surface area contributed by atoms with Crippen molar-refractivity contribution in [2.24, 2.45) is 5.92 Å². The summed E-state index contributed by atoms with van der Waals surface area (Å²) in [6.45, 7) is 4.11. The summed E-state index contributed by atoms with van der Waals surface area (Å²) in [4.78, 5) is 33.6. The van der Waals surface area contributed by atoms with E-state index in [9.17, 15) is 9.59 Å². The van der Waals surface area contributed by atoms with E-state index in [4.69, 9.17) is 4.84 Å². The van der Waals surface area contributed by atoms with Gasteiger partial charge in [-0.15, -0.1) is 0 Å². The standard InChI is InChI=1S/C22H24N2O3/c1-3-4-10-18-19-20(27-24(18)17-8-6-5-7-9-17)22(26)23(21(19)25)16-13-11-15(2)12-14-16/h5-9,11-14,18-20H,3-4,10H2,1-2H3/t18-,19+,20-/m0/s1. The Bertz CT molecular complexity index is 834. The maximum absolute atomic E-state index is 13.2. The van der Waals surface area contributed by atoms with Crippen molar-refractivity contribution in [3.8, 4) is 0 Å². The van der Waals surface area contributed by atoms with Crippen molar-refractivity contribution in [2.45, 2.75) is 45.3 Å². The third kappa shape index (κ3) is 3.02. The van der Waals surface area contributed by atoms with Crippen LogP contribution in [0, 0.1) is 12.8 Å². The first-order chi connectivity index (χ1) is 13.1. The van der Waals surface area contributed by atoms with E-state index in [1.165, 1.54) is 4.90 Å². The van der Waals surface area contributed by atoms with Crippen molar-refractivity contribution in [3.05, 3.63) is 60.2 Å². The Morgan fingerprint density at radius 1 is 0.926 bits per heavy atom. The van der Waals surface area contributed by atoms with Gasteiger partial charge in [0.15, 0.2) is 6.10 Å². The molecule has 0 spiro atoms. The minimum Gasteiger partial charge on any atom is -0.273 e. The summed E-state index contributed by atoms with van der Waals surface area (Å²) in [5, 5.41) is 1.78. The Kier molecular flexibility index (Phi) is 4.70. The summed E-state index contributed by atoms with van der Waals surface area (Å²) in [7, 11) is 0. The molecule has 2 saturated heterocycles. The summed E-state index contributed by atoms with van der Waals surface area (Å²) >= 11 is 0. The summed E-state index contributed by atoms with van der Waals surface area (Å²) in [6.07, 6.45) is 2.07. The van der Waals surface area contributed by atoms with Crippen LogP contribution in [0.2, 0.25) is 0 Å². The maximum Gasteiger partial charge on any atom is 0.266 e. The Morgan fingerprint density at radius 3 is 2.30 bits per heavy atom. The second kappa shape index (κ2) is 7.16. The van der Waals surface area contributed by atoms with Gasteiger partial charge in [-0.25, -0.2) is 9.96 Å². The van der Waals surface area contributed by atoms with Gasteiger partial charge in [-0.2, -0.15) is 0 Å². The van der Waals surface area contributed by atoms with Crippen molar-refractivity contribution in [2.75, 3.05) is 9.96 Å². The molecule has 140 valence electrons. The highest BCUT2D eigenvalue weighted by atomic mass is 16.7. The number of hydrogen-bond acceptors (Lipinski definition) is 4. The number of para-hydroxylation sites is 1. The highest BCUT2D eigenvalue weighted by Crippen LogP contribution is 2.41. The Labute approximate surface area is 159 Å². The van der Waals surface area contributed by atoms with E-state index in [0.29, 0.717) is 5.69 Å². The van der Waals surface area contributed by atoms with Crippen LogP contribution in [0.1, 0.15) is 31.7 Å². The molecule has 4 rings (SSSR count). The van der Waals surface area contributed by atoms with Gasteiger partial charge in [0.1, 0.15) is 0 Å². The minimum atomic E-state index is -0.749. The van der Waals surface area contributed by atoms with Crippen LogP contribution >= 0.6 is 0 Å². The predicted molar refractivity (Wildman–Crippen MR) is 104 cm³/mol. The number of carbonyl (C=O) groups excluding carboxylic acids is 2. The average molecular weight is 364 g/mol. The number of aryl methyl sites for hydroxylation is 1. The molecule has 0 bridgehead atoms. The SMILES string of the molecule is CCCC[C@H]1[C@H]2C(=O)N(c3ccc(C)cc3)C(=O)[C@H]2ON1c1ccccc1. The van der Waals surface area contributed by atoms with Crippen LogP contribution in [0.4, 0.5) is 11.4 Å². The second-order valence-corrected chi connectivity index (χ2v) is 7.27. The quantitative estimate of drug-likeness (QED) is 0.756. The lowest BCUT2D eigenvalue weighted by Gasteiger charge is -2.28. The Morgan fingerprint density at radius 2 is 1.63 bits per heavy atom. The first-order valence-corrected chi connectivity index (χ1v) is 9.57. The molecule has 0 N–H and O–H groups in total. The molecule has 2 aliphatic rings. The van der Waals surface area contributed by atoms with Gasteiger partial charge in [0.2, 0.25) is 5.91 Å². The highest BCUT2D eigenvalue weighted by molar-refractivity contribution is 6.23. The van der Waals surface area contributed by atoms with Crippen molar-refractivity contribution in [1.82, 2.24) is 0 Å². The normalized spacial score (nSPS) is 24.6. The monoisotopic (exact) mass is 364 g/mol. The lowest BCUT2D eigenvalue weighted by Crippen LogP contribution is -2.40. The second-order valence-electron chi connectivity index (χ2n) is 7.27. The van der Waals surface area contributed by atoms with Gasteiger partial charge in [0.25, 0.3) is 5.91 Å². The fourth-order valence-electron chi connectivity index (χ4n) is 3.98. The van der Waals surface area contributed by atoms with Crippen LogP contribution in [-0.4, -0.2) is 24.0 Å². The topological polar surface area (TPSA) is 49.9 Å². The maximum atomic E-state index is 13.2. The Hall–Kier alpha value is -2.66. The number of anilines is 2. The van der Waals surface area contributed by atoms with Crippen LogP contribution in [-0.2, 0) is 14.4 Å². The van der Waals surface area contributed by atoms with Crippen molar-refractivity contribution < 1.29 is 14.4 Å². The van der Waals surface area contributed by atoms with Crippen molar-refractivity contribution >= 4 is 23.2 Å². The van der Waals surface area contributed by atoms with Gasteiger partial charge in [0, 0.05) is 0 Å². The molecule has 0 saturated carbocycles. The number of unbranched alkanes of at least 4 members (excludes halogenated alkanes) is 1. The molecule has 2 aromatic carbocycles. The molecule has 0 aliphatic carbocycles. The molecule has 2 fully saturated rings. The van der Waals surface area contributed by atoms with E-state index in [1.807, 2.05) is 61.5 Å². The van der Waals surface area contributed by atoms with Gasteiger partial charge in [0.05, 0.1) is 23.3 Å². The molecule has 5 heteroatoms. The first-order valence-electron chi connectivity index (χ1n) is 9.57. The van der Waals surface area contributed by atoms with Crippen LogP contribution in [0.15, 0.2) is 54.6 Å².